The minimum absolute atomic E-state index is 0.536. The van der Waals surface area contributed by atoms with E-state index in [0.717, 1.165) is 35.7 Å². The molecule has 2 aromatic heterocycles. The lowest BCUT2D eigenvalue weighted by atomic mass is 10.2. The summed E-state index contributed by atoms with van der Waals surface area (Å²) in [5, 5.41) is 0. The molecule has 4 heteroatoms. The summed E-state index contributed by atoms with van der Waals surface area (Å²) in [6.07, 6.45) is 5.80. The van der Waals surface area contributed by atoms with Gasteiger partial charge in [-0.3, -0.25) is 4.57 Å². The summed E-state index contributed by atoms with van der Waals surface area (Å²) in [7, 11) is 0. The molecule has 0 aliphatic carbocycles. The van der Waals surface area contributed by atoms with Crippen molar-refractivity contribution in [1.82, 2.24) is 14.5 Å². The lowest BCUT2D eigenvalue weighted by Crippen LogP contribution is -2.06. The molecule has 0 amide bonds. The Bertz CT molecular complexity index is 502. The van der Waals surface area contributed by atoms with Crippen LogP contribution in [-0.2, 0) is 13.0 Å². The molecule has 90 valence electrons. The fraction of sp³-hybridized carbons (Fsp3) is 0.385. The Hall–Kier alpha value is -1.68. The van der Waals surface area contributed by atoms with Crippen molar-refractivity contribution in [3.05, 3.63) is 41.6 Å². The Morgan fingerprint density at radius 1 is 1.35 bits per heavy atom. The topological polar surface area (TPSA) is 56.7 Å². The van der Waals surface area contributed by atoms with Crippen molar-refractivity contribution >= 4 is 0 Å². The van der Waals surface area contributed by atoms with Gasteiger partial charge >= 0.3 is 0 Å². The summed E-state index contributed by atoms with van der Waals surface area (Å²) >= 11 is 0. The van der Waals surface area contributed by atoms with Crippen molar-refractivity contribution in [2.45, 2.75) is 33.2 Å². The molecule has 17 heavy (non-hydrogen) atoms. The molecule has 2 N–H and O–H groups in total. The van der Waals surface area contributed by atoms with Crippen LogP contribution in [0.15, 0.2) is 24.5 Å². The average Bonchev–Trinajstić information content (AvgIpc) is 2.77. The van der Waals surface area contributed by atoms with Gasteiger partial charge in [0.05, 0.1) is 0 Å². The minimum atomic E-state index is 0.536. The predicted molar refractivity (Wildman–Crippen MR) is 68.0 cm³/mol. The Morgan fingerprint density at radius 2 is 2.18 bits per heavy atom. The molecule has 0 atom stereocenters. The maximum Gasteiger partial charge on any atom is 0.138 e. The van der Waals surface area contributed by atoms with E-state index in [1.807, 2.05) is 36.0 Å². The van der Waals surface area contributed by atoms with Crippen LogP contribution in [0.3, 0.4) is 0 Å². The van der Waals surface area contributed by atoms with E-state index in [-0.39, 0.29) is 0 Å². The number of nitrogens with two attached hydrogens (primary N) is 1. The fourth-order valence-corrected chi connectivity index (χ4v) is 1.91. The van der Waals surface area contributed by atoms with E-state index in [2.05, 4.69) is 16.9 Å². The highest BCUT2D eigenvalue weighted by atomic mass is 15.1. The summed E-state index contributed by atoms with van der Waals surface area (Å²) < 4.78 is 2.04. The van der Waals surface area contributed by atoms with Crippen LogP contribution in [0.4, 0.5) is 0 Å². The zero-order valence-corrected chi connectivity index (χ0v) is 10.3. The molecular weight excluding hydrogens is 212 g/mol. The monoisotopic (exact) mass is 230 g/mol. The molecule has 0 aliphatic rings. The first kappa shape index (κ1) is 11.8. The van der Waals surface area contributed by atoms with Crippen LogP contribution in [0.5, 0.6) is 0 Å². The second-order valence-corrected chi connectivity index (χ2v) is 4.14. The molecule has 2 heterocycles. The number of hydrogen-bond donors (Lipinski definition) is 1. The molecule has 0 saturated carbocycles. The summed E-state index contributed by atoms with van der Waals surface area (Å²) in [5.41, 5.74) is 7.77. The fourth-order valence-electron chi connectivity index (χ4n) is 1.91. The Kier molecular flexibility index (Phi) is 3.54. The van der Waals surface area contributed by atoms with Crippen molar-refractivity contribution in [1.29, 1.82) is 0 Å². The van der Waals surface area contributed by atoms with E-state index < -0.39 is 0 Å². The van der Waals surface area contributed by atoms with Gasteiger partial charge in [0.15, 0.2) is 0 Å². The Morgan fingerprint density at radius 3 is 2.88 bits per heavy atom. The molecule has 0 unspecified atom stereocenters. The Balaban J connectivity index is 2.44. The maximum absolute atomic E-state index is 5.69. The number of aryl methyl sites for hydroxylation is 2. The number of pyridine rings is 1. The van der Waals surface area contributed by atoms with Crippen molar-refractivity contribution in [2.24, 2.45) is 5.73 Å². The molecule has 0 aromatic carbocycles. The number of rotatable bonds is 4. The van der Waals surface area contributed by atoms with E-state index in [4.69, 9.17) is 5.73 Å². The van der Waals surface area contributed by atoms with Crippen LogP contribution in [0.1, 0.15) is 30.4 Å². The molecule has 0 saturated heterocycles. The largest absolute Gasteiger partial charge is 0.326 e. The van der Waals surface area contributed by atoms with Crippen LogP contribution in [-0.4, -0.2) is 14.5 Å². The van der Waals surface area contributed by atoms with Gasteiger partial charge in [0.1, 0.15) is 11.6 Å². The smallest absolute Gasteiger partial charge is 0.138 e. The average molecular weight is 230 g/mol. The van der Waals surface area contributed by atoms with Gasteiger partial charge in [-0.2, -0.15) is 0 Å². The van der Waals surface area contributed by atoms with Gasteiger partial charge in [0.2, 0.25) is 0 Å². The van der Waals surface area contributed by atoms with Crippen LogP contribution in [0, 0.1) is 6.92 Å². The van der Waals surface area contributed by atoms with Gasteiger partial charge in [0.25, 0.3) is 0 Å². The number of imidazole rings is 1. The van der Waals surface area contributed by atoms with Crippen LogP contribution >= 0.6 is 0 Å². The first-order valence-electron chi connectivity index (χ1n) is 5.94. The van der Waals surface area contributed by atoms with E-state index in [1.165, 1.54) is 0 Å². The SMILES string of the molecule is CCCc1nccn1-c1cc(CN)cc(C)n1. The standard InChI is InChI=1S/C13H18N4/c1-3-4-12-15-5-6-17(12)13-8-11(9-14)7-10(2)16-13/h5-8H,3-4,9,14H2,1-2H3. The van der Waals surface area contributed by atoms with Crippen LogP contribution in [0.2, 0.25) is 0 Å². The first-order valence-corrected chi connectivity index (χ1v) is 5.94. The normalized spacial score (nSPS) is 10.8. The van der Waals surface area contributed by atoms with E-state index >= 15 is 0 Å². The molecule has 0 aliphatic heterocycles. The van der Waals surface area contributed by atoms with Gasteiger partial charge in [-0.15, -0.1) is 0 Å². The third kappa shape index (κ3) is 2.53. The van der Waals surface area contributed by atoms with Crippen LogP contribution < -0.4 is 5.73 Å². The van der Waals surface area contributed by atoms with Crippen molar-refractivity contribution < 1.29 is 0 Å². The summed E-state index contributed by atoms with van der Waals surface area (Å²) in [6, 6.07) is 4.04. The molecule has 0 radical (unpaired) electrons. The highest BCUT2D eigenvalue weighted by molar-refractivity contribution is 5.32. The van der Waals surface area contributed by atoms with Crippen molar-refractivity contribution in [3.63, 3.8) is 0 Å². The zero-order valence-electron chi connectivity index (χ0n) is 10.3. The van der Waals surface area contributed by atoms with Gasteiger partial charge in [-0.05, 0) is 31.0 Å². The van der Waals surface area contributed by atoms with Gasteiger partial charge in [0, 0.05) is 31.1 Å². The third-order valence-electron chi connectivity index (χ3n) is 2.67. The second kappa shape index (κ2) is 5.10. The first-order chi connectivity index (χ1) is 8.24. The van der Waals surface area contributed by atoms with E-state index in [1.54, 1.807) is 0 Å². The summed E-state index contributed by atoms with van der Waals surface area (Å²) in [5.74, 6) is 1.96. The quantitative estimate of drug-likeness (QED) is 0.873. The molecule has 4 nitrogen and oxygen atoms in total. The van der Waals surface area contributed by atoms with Crippen molar-refractivity contribution in [2.75, 3.05) is 0 Å². The molecule has 0 spiro atoms. The van der Waals surface area contributed by atoms with Gasteiger partial charge in [-0.25, -0.2) is 9.97 Å². The third-order valence-corrected chi connectivity index (χ3v) is 2.67. The highest BCUT2D eigenvalue weighted by Crippen LogP contribution is 2.13. The van der Waals surface area contributed by atoms with Crippen LogP contribution in [0.25, 0.3) is 5.82 Å². The molecule has 2 rings (SSSR count). The molecule has 0 bridgehead atoms. The molecule has 2 aromatic rings. The number of nitrogens with zero attached hydrogens (tertiary/aromatic N) is 3. The molecular formula is C13H18N4. The highest BCUT2D eigenvalue weighted by Gasteiger charge is 2.06. The second-order valence-electron chi connectivity index (χ2n) is 4.14. The number of hydrogen-bond acceptors (Lipinski definition) is 3. The van der Waals surface area contributed by atoms with Crippen molar-refractivity contribution in [3.8, 4) is 5.82 Å². The predicted octanol–water partition coefficient (Wildman–Crippen LogP) is 1.99. The zero-order chi connectivity index (χ0) is 12.3. The lowest BCUT2D eigenvalue weighted by molar-refractivity contribution is 0.794. The van der Waals surface area contributed by atoms with E-state index in [0.29, 0.717) is 6.54 Å². The van der Waals surface area contributed by atoms with E-state index in [9.17, 15) is 0 Å². The van der Waals surface area contributed by atoms with Gasteiger partial charge < -0.3 is 5.73 Å². The molecule has 0 fully saturated rings. The lowest BCUT2D eigenvalue weighted by Gasteiger charge is -2.09. The maximum atomic E-state index is 5.69. The summed E-state index contributed by atoms with van der Waals surface area (Å²) in [6.45, 7) is 4.67. The number of aromatic nitrogens is 3. The summed E-state index contributed by atoms with van der Waals surface area (Å²) in [4.78, 5) is 8.89. The minimum Gasteiger partial charge on any atom is -0.326 e. The Labute approximate surface area is 102 Å². The van der Waals surface area contributed by atoms with Gasteiger partial charge in [-0.1, -0.05) is 6.92 Å².